The lowest BCUT2D eigenvalue weighted by atomic mass is 10.1. The van der Waals surface area contributed by atoms with Crippen molar-refractivity contribution in [1.29, 1.82) is 0 Å². The summed E-state index contributed by atoms with van der Waals surface area (Å²) in [4.78, 5) is 24.4. The van der Waals surface area contributed by atoms with E-state index in [1.54, 1.807) is 0 Å². The zero-order valence-electron chi connectivity index (χ0n) is 15.8. The maximum absolute atomic E-state index is 12.4. The summed E-state index contributed by atoms with van der Waals surface area (Å²) < 4.78 is 0. The van der Waals surface area contributed by atoms with Crippen LogP contribution in [0, 0.1) is 13.8 Å². The largest absolute Gasteiger partial charge is 0.325 e. The minimum Gasteiger partial charge on any atom is -0.325 e. The predicted molar refractivity (Wildman–Crippen MR) is 111 cm³/mol. The van der Waals surface area contributed by atoms with Crippen LogP contribution in [0.1, 0.15) is 30.5 Å². The van der Waals surface area contributed by atoms with Gasteiger partial charge in [-0.15, -0.1) is 11.8 Å². The average Bonchev–Trinajstić information content (AvgIpc) is 2.64. The lowest BCUT2D eigenvalue weighted by Crippen LogP contribution is -2.25. The van der Waals surface area contributed by atoms with Gasteiger partial charge in [0.05, 0.1) is 11.0 Å². The van der Waals surface area contributed by atoms with E-state index in [0.29, 0.717) is 0 Å². The molecule has 4 nitrogen and oxygen atoms in total. The molecule has 0 heterocycles. The Hall–Kier alpha value is -2.27. The first kappa shape index (κ1) is 20.0. The number of benzene rings is 2. The summed E-state index contributed by atoms with van der Waals surface area (Å²) in [5.41, 5.74) is 5.03. The van der Waals surface area contributed by atoms with Crippen molar-refractivity contribution in [3.8, 4) is 0 Å². The molecule has 0 fully saturated rings. The number of thioether (sulfide) groups is 1. The van der Waals surface area contributed by atoms with Gasteiger partial charge in [0.15, 0.2) is 0 Å². The monoisotopic (exact) mass is 370 g/mol. The molecule has 2 amide bonds. The molecule has 0 saturated carbocycles. The van der Waals surface area contributed by atoms with Crippen molar-refractivity contribution in [2.75, 3.05) is 16.4 Å². The second-order valence-corrected chi connectivity index (χ2v) is 7.62. The Bertz CT molecular complexity index is 772. The molecule has 0 aliphatic rings. The first-order valence-electron chi connectivity index (χ1n) is 8.78. The first-order chi connectivity index (χ1) is 12.4. The number of anilines is 2. The zero-order valence-corrected chi connectivity index (χ0v) is 16.6. The number of aryl methyl sites for hydroxylation is 2. The van der Waals surface area contributed by atoms with Crippen LogP contribution < -0.4 is 10.6 Å². The van der Waals surface area contributed by atoms with Gasteiger partial charge in [-0.25, -0.2) is 0 Å². The van der Waals surface area contributed by atoms with Gasteiger partial charge in [0.1, 0.15) is 0 Å². The Balaban J connectivity index is 1.82. The Morgan fingerprint density at radius 1 is 1.04 bits per heavy atom. The van der Waals surface area contributed by atoms with Gasteiger partial charge in [0.25, 0.3) is 0 Å². The van der Waals surface area contributed by atoms with E-state index in [9.17, 15) is 9.59 Å². The van der Waals surface area contributed by atoms with E-state index in [1.807, 2.05) is 63.2 Å². The molecular formula is C21H26N2O2S. The minimum absolute atomic E-state index is 0.0937. The highest BCUT2D eigenvalue weighted by atomic mass is 32.2. The van der Waals surface area contributed by atoms with Gasteiger partial charge in [0.2, 0.25) is 11.8 Å². The van der Waals surface area contributed by atoms with Gasteiger partial charge >= 0.3 is 0 Å². The van der Waals surface area contributed by atoms with Crippen molar-refractivity contribution < 1.29 is 9.59 Å². The highest BCUT2D eigenvalue weighted by Gasteiger charge is 2.16. The third-order valence-electron chi connectivity index (χ3n) is 4.34. The van der Waals surface area contributed by atoms with Crippen LogP contribution in [-0.4, -0.2) is 22.8 Å². The summed E-state index contributed by atoms with van der Waals surface area (Å²) in [5.74, 6) is 0.0335. The molecule has 0 aromatic heterocycles. The third kappa shape index (κ3) is 5.63. The van der Waals surface area contributed by atoms with Crippen LogP contribution in [0.2, 0.25) is 0 Å². The van der Waals surface area contributed by atoms with Crippen LogP contribution in [0.3, 0.4) is 0 Å². The summed E-state index contributed by atoms with van der Waals surface area (Å²) in [5, 5.41) is 5.49. The molecule has 2 aromatic carbocycles. The van der Waals surface area contributed by atoms with Gasteiger partial charge in [-0.1, -0.05) is 31.2 Å². The number of carbonyl (C=O) groups excluding carboxylic acids is 2. The summed E-state index contributed by atoms with van der Waals surface area (Å²) >= 11 is 1.32. The van der Waals surface area contributed by atoms with E-state index < -0.39 is 0 Å². The molecular weight excluding hydrogens is 344 g/mol. The lowest BCUT2D eigenvalue weighted by Gasteiger charge is -2.14. The third-order valence-corrected chi connectivity index (χ3v) is 5.49. The summed E-state index contributed by atoms with van der Waals surface area (Å²) in [6, 6.07) is 13.6. The van der Waals surface area contributed by atoms with E-state index in [-0.39, 0.29) is 22.8 Å². The topological polar surface area (TPSA) is 58.2 Å². The molecule has 0 spiro atoms. The maximum atomic E-state index is 12.4. The fourth-order valence-electron chi connectivity index (χ4n) is 2.42. The van der Waals surface area contributed by atoms with E-state index in [4.69, 9.17) is 0 Å². The van der Waals surface area contributed by atoms with Gasteiger partial charge < -0.3 is 10.6 Å². The maximum Gasteiger partial charge on any atom is 0.237 e. The number of nitrogens with one attached hydrogen (secondary N) is 2. The normalized spacial score (nSPS) is 11.7. The molecule has 0 bridgehead atoms. The van der Waals surface area contributed by atoms with Crippen molar-refractivity contribution in [3.63, 3.8) is 0 Å². The number of carbonyl (C=O) groups is 2. The molecule has 0 aliphatic heterocycles. The lowest BCUT2D eigenvalue weighted by molar-refractivity contribution is -0.115. The Morgan fingerprint density at radius 2 is 1.73 bits per heavy atom. The van der Waals surface area contributed by atoms with Gasteiger partial charge in [-0.2, -0.15) is 0 Å². The van der Waals surface area contributed by atoms with Gasteiger partial charge in [0, 0.05) is 11.4 Å². The fraction of sp³-hybridized carbons (Fsp3) is 0.333. The molecule has 2 aromatic rings. The average molecular weight is 371 g/mol. The van der Waals surface area contributed by atoms with Crippen LogP contribution in [-0.2, 0) is 16.0 Å². The zero-order chi connectivity index (χ0) is 19.1. The van der Waals surface area contributed by atoms with Gasteiger partial charge in [-0.05, 0) is 62.1 Å². The van der Waals surface area contributed by atoms with Crippen LogP contribution >= 0.6 is 11.8 Å². The van der Waals surface area contributed by atoms with E-state index in [1.165, 1.54) is 17.3 Å². The smallest absolute Gasteiger partial charge is 0.237 e. The van der Waals surface area contributed by atoms with E-state index >= 15 is 0 Å². The van der Waals surface area contributed by atoms with Crippen molar-refractivity contribution in [1.82, 2.24) is 0 Å². The molecule has 2 rings (SSSR count). The molecule has 0 unspecified atom stereocenters. The minimum atomic E-state index is -0.317. The predicted octanol–water partition coefficient (Wildman–Crippen LogP) is 4.56. The fourth-order valence-corrected chi connectivity index (χ4v) is 3.10. The summed E-state index contributed by atoms with van der Waals surface area (Å²) in [6.07, 6.45) is 0.969. The Labute approximate surface area is 159 Å². The molecule has 1 atom stereocenters. The first-order valence-corrected chi connectivity index (χ1v) is 9.83. The number of hydrogen-bond acceptors (Lipinski definition) is 3. The van der Waals surface area contributed by atoms with Gasteiger partial charge in [-0.3, -0.25) is 9.59 Å². The molecule has 0 aliphatic carbocycles. The van der Waals surface area contributed by atoms with Crippen LogP contribution in [0.5, 0.6) is 0 Å². The molecule has 2 N–H and O–H groups in total. The van der Waals surface area contributed by atoms with Crippen molar-refractivity contribution in [3.05, 3.63) is 59.2 Å². The number of rotatable bonds is 7. The van der Waals surface area contributed by atoms with Crippen molar-refractivity contribution in [2.45, 2.75) is 39.4 Å². The number of amides is 2. The van der Waals surface area contributed by atoms with E-state index in [0.717, 1.165) is 28.9 Å². The standard InChI is InChI=1S/C21H26N2O2S/c1-5-17-9-11-18(12-10-17)22-20(24)13-26-16(4)21(25)23-19-8-6-7-14(2)15(19)3/h6-12,16H,5,13H2,1-4H3,(H,22,24)(H,23,25)/t16-/m1/s1. The van der Waals surface area contributed by atoms with E-state index in [2.05, 4.69) is 17.6 Å². The molecule has 138 valence electrons. The molecule has 0 saturated heterocycles. The summed E-state index contributed by atoms with van der Waals surface area (Å²) in [6.45, 7) is 7.91. The van der Waals surface area contributed by atoms with Crippen molar-refractivity contribution >= 4 is 35.0 Å². The summed E-state index contributed by atoms with van der Waals surface area (Å²) in [7, 11) is 0. The number of hydrogen-bond donors (Lipinski definition) is 2. The van der Waals surface area contributed by atoms with Crippen LogP contribution in [0.15, 0.2) is 42.5 Å². The molecule has 5 heteroatoms. The van der Waals surface area contributed by atoms with Crippen LogP contribution in [0.4, 0.5) is 11.4 Å². The highest BCUT2D eigenvalue weighted by molar-refractivity contribution is 8.01. The highest BCUT2D eigenvalue weighted by Crippen LogP contribution is 2.20. The van der Waals surface area contributed by atoms with Crippen LogP contribution in [0.25, 0.3) is 0 Å². The quantitative estimate of drug-likeness (QED) is 0.751. The second-order valence-electron chi connectivity index (χ2n) is 6.29. The van der Waals surface area contributed by atoms with Crippen molar-refractivity contribution in [2.24, 2.45) is 0 Å². The Kier molecular flexibility index (Phi) is 7.27. The Morgan fingerprint density at radius 3 is 2.38 bits per heavy atom. The molecule has 0 radical (unpaired) electrons. The second kappa shape index (κ2) is 9.43. The SMILES string of the molecule is CCc1ccc(NC(=O)CS[C@H](C)C(=O)Nc2cccc(C)c2C)cc1. The molecule has 26 heavy (non-hydrogen) atoms.